The monoisotopic (exact) mass is 450 g/mol. The lowest BCUT2D eigenvalue weighted by Gasteiger charge is -2.08. The van der Waals surface area contributed by atoms with E-state index in [1.165, 1.54) is 23.1 Å². The zero-order chi connectivity index (χ0) is 20.9. The lowest BCUT2D eigenvalue weighted by Crippen LogP contribution is -2.14. The molecule has 5 nitrogen and oxygen atoms in total. The Kier molecular flexibility index (Phi) is 6.19. The van der Waals surface area contributed by atoms with E-state index in [-0.39, 0.29) is 5.91 Å². The van der Waals surface area contributed by atoms with Crippen LogP contribution in [-0.4, -0.2) is 15.7 Å². The Bertz CT molecular complexity index is 1210. The molecule has 8 heteroatoms. The Balaban J connectivity index is 1.72. The third-order valence-corrected chi connectivity index (χ3v) is 6.52. The summed E-state index contributed by atoms with van der Waals surface area (Å²) in [5, 5.41) is 20.4. The number of hydrogen-bond acceptors (Lipinski definition) is 5. The smallest absolute Gasteiger partial charge is 0.266 e. The van der Waals surface area contributed by atoms with Crippen molar-refractivity contribution in [1.82, 2.24) is 9.78 Å². The van der Waals surface area contributed by atoms with Crippen LogP contribution in [0.5, 0.6) is 0 Å². The largest absolute Gasteiger partial charge is 0.305 e. The Morgan fingerprint density at radius 1 is 1.13 bits per heavy atom. The van der Waals surface area contributed by atoms with Crippen LogP contribution in [0.1, 0.15) is 20.8 Å². The van der Waals surface area contributed by atoms with E-state index in [4.69, 9.17) is 11.6 Å². The predicted molar refractivity (Wildman–Crippen MR) is 122 cm³/mol. The number of thiophene rings is 1. The zero-order valence-corrected chi connectivity index (χ0v) is 18.0. The average Bonchev–Trinajstić information content (AvgIpc) is 3.42. The second kappa shape index (κ2) is 9.18. The minimum atomic E-state index is -0.277. The number of nitriles is 1. The molecule has 0 atom stereocenters. The first-order valence-corrected chi connectivity index (χ1v) is 11.2. The number of rotatable bonds is 6. The molecule has 30 heavy (non-hydrogen) atoms. The van der Waals surface area contributed by atoms with Crippen LogP contribution in [0.2, 0.25) is 5.02 Å². The molecule has 0 spiro atoms. The lowest BCUT2D eigenvalue weighted by molar-refractivity contribution is 0.103. The Morgan fingerprint density at radius 3 is 2.60 bits per heavy atom. The summed E-state index contributed by atoms with van der Waals surface area (Å²) in [6, 6.07) is 22.7. The number of carbonyl (C=O) groups excluding carboxylic acids is 1. The highest BCUT2D eigenvalue weighted by molar-refractivity contribution is 7.98. The fourth-order valence-electron chi connectivity index (χ4n) is 2.81. The normalized spacial score (nSPS) is 10.5. The van der Waals surface area contributed by atoms with Gasteiger partial charge in [0.2, 0.25) is 0 Å². The van der Waals surface area contributed by atoms with E-state index in [1.54, 1.807) is 10.7 Å². The number of aromatic nitrogens is 2. The van der Waals surface area contributed by atoms with Crippen molar-refractivity contribution in [3.05, 3.63) is 93.1 Å². The van der Waals surface area contributed by atoms with E-state index in [9.17, 15) is 10.1 Å². The molecule has 0 radical (unpaired) electrons. The van der Waals surface area contributed by atoms with Crippen LogP contribution in [0.15, 0.2) is 77.1 Å². The van der Waals surface area contributed by atoms with Gasteiger partial charge in [-0.1, -0.05) is 65.8 Å². The molecule has 148 valence electrons. The van der Waals surface area contributed by atoms with Gasteiger partial charge in [0.05, 0.1) is 10.6 Å². The number of hydrogen-bond donors (Lipinski definition) is 1. The van der Waals surface area contributed by atoms with Gasteiger partial charge in [-0.25, -0.2) is 4.68 Å². The predicted octanol–water partition coefficient (Wildman–Crippen LogP) is 6.00. The maximum absolute atomic E-state index is 12.7. The van der Waals surface area contributed by atoms with Crippen LogP contribution in [-0.2, 0) is 5.75 Å². The van der Waals surface area contributed by atoms with Gasteiger partial charge in [0.1, 0.15) is 16.7 Å². The summed E-state index contributed by atoms with van der Waals surface area (Å²) in [6.45, 7) is 0. The third kappa shape index (κ3) is 4.26. The van der Waals surface area contributed by atoms with Gasteiger partial charge in [-0.15, -0.1) is 11.3 Å². The maximum Gasteiger partial charge on any atom is 0.266 e. The van der Waals surface area contributed by atoms with Gasteiger partial charge in [0, 0.05) is 10.8 Å². The molecule has 0 aliphatic heterocycles. The van der Waals surface area contributed by atoms with Crippen LogP contribution in [0.4, 0.5) is 5.82 Å². The maximum atomic E-state index is 12.7. The van der Waals surface area contributed by atoms with Crippen molar-refractivity contribution in [2.45, 2.75) is 10.8 Å². The molecule has 0 bridgehead atoms. The zero-order valence-electron chi connectivity index (χ0n) is 15.6. The van der Waals surface area contributed by atoms with Crippen molar-refractivity contribution >= 4 is 46.4 Å². The van der Waals surface area contributed by atoms with Gasteiger partial charge in [-0.05, 0) is 35.2 Å². The molecular formula is C22H15ClN4OS2. The van der Waals surface area contributed by atoms with E-state index in [2.05, 4.69) is 16.5 Å². The fourth-order valence-corrected chi connectivity index (χ4v) is 4.68. The number of nitrogens with one attached hydrogen (secondary N) is 1. The van der Waals surface area contributed by atoms with Gasteiger partial charge in [-0.3, -0.25) is 4.79 Å². The fraction of sp³-hybridized carbons (Fsp3) is 0.0455. The number of carbonyl (C=O) groups is 1. The highest BCUT2D eigenvalue weighted by Gasteiger charge is 2.22. The number of benzene rings is 2. The molecule has 0 saturated carbocycles. The summed E-state index contributed by atoms with van der Waals surface area (Å²) in [7, 11) is 0. The average molecular weight is 451 g/mol. The molecule has 0 aliphatic carbocycles. The molecule has 2 aromatic heterocycles. The van der Waals surface area contributed by atoms with Crippen molar-refractivity contribution in [3.8, 4) is 11.8 Å². The summed E-state index contributed by atoms with van der Waals surface area (Å²) >= 11 is 9.01. The Labute approximate surface area is 186 Å². The molecule has 0 fully saturated rings. The van der Waals surface area contributed by atoms with E-state index in [1.807, 2.05) is 66.0 Å². The summed E-state index contributed by atoms with van der Waals surface area (Å²) in [5.74, 6) is 0.628. The van der Waals surface area contributed by atoms with Crippen LogP contribution >= 0.6 is 34.7 Å². The van der Waals surface area contributed by atoms with Gasteiger partial charge in [0.25, 0.3) is 5.91 Å². The summed E-state index contributed by atoms with van der Waals surface area (Å²) in [5.41, 5.74) is 2.02. The highest BCUT2D eigenvalue weighted by Crippen LogP contribution is 2.33. The third-order valence-electron chi connectivity index (χ3n) is 4.26. The topological polar surface area (TPSA) is 70.7 Å². The van der Waals surface area contributed by atoms with E-state index in [0.717, 1.165) is 11.3 Å². The van der Waals surface area contributed by atoms with Crippen LogP contribution < -0.4 is 5.32 Å². The van der Waals surface area contributed by atoms with Crippen LogP contribution in [0.25, 0.3) is 5.69 Å². The standard InChI is InChI=1S/C22H15ClN4OS2/c23-18-10-5-4-7-15(18)14-30-22-17(13-24)20(25-21(28)19-11-6-12-29-19)27(26-22)16-8-2-1-3-9-16/h1-12H,14H2,(H,25,28). The van der Waals surface area contributed by atoms with E-state index >= 15 is 0 Å². The molecule has 0 unspecified atom stereocenters. The second-order valence-electron chi connectivity index (χ2n) is 6.20. The lowest BCUT2D eigenvalue weighted by atomic mass is 10.2. The molecule has 4 aromatic rings. The number of thioether (sulfide) groups is 1. The number of halogens is 1. The van der Waals surface area contributed by atoms with Gasteiger partial charge >= 0.3 is 0 Å². The van der Waals surface area contributed by atoms with Crippen LogP contribution in [0, 0.1) is 11.3 Å². The summed E-state index contributed by atoms with van der Waals surface area (Å²) in [4.78, 5) is 13.2. The first kappa shape index (κ1) is 20.2. The van der Waals surface area contributed by atoms with Crippen molar-refractivity contribution in [2.24, 2.45) is 0 Å². The van der Waals surface area contributed by atoms with E-state index in [0.29, 0.717) is 32.1 Å². The van der Waals surface area contributed by atoms with Crippen molar-refractivity contribution in [3.63, 3.8) is 0 Å². The molecule has 0 aliphatic rings. The number of nitrogens with zero attached hydrogens (tertiary/aromatic N) is 3. The Morgan fingerprint density at radius 2 is 1.90 bits per heavy atom. The molecule has 4 rings (SSSR count). The minimum absolute atomic E-state index is 0.277. The first-order valence-electron chi connectivity index (χ1n) is 8.97. The van der Waals surface area contributed by atoms with E-state index < -0.39 is 0 Å². The molecular weight excluding hydrogens is 436 g/mol. The SMILES string of the molecule is N#Cc1c(SCc2ccccc2Cl)nn(-c2ccccc2)c1NC(=O)c1cccs1. The number of para-hydroxylation sites is 1. The molecule has 1 amide bonds. The van der Waals surface area contributed by atoms with Gasteiger partial charge in [0.15, 0.2) is 5.82 Å². The number of anilines is 1. The molecule has 2 heterocycles. The van der Waals surface area contributed by atoms with Gasteiger partial charge < -0.3 is 5.32 Å². The second-order valence-corrected chi connectivity index (χ2v) is 8.52. The summed E-state index contributed by atoms with van der Waals surface area (Å²) < 4.78 is 1.60. The quantitative estimate of drug-likeness (QED) is 0.365. The summed E-state index contributed by atoms with van der Waals surface area (Å²) in [6.07, 6.45) is 0. The van der Waals surface area contributed by atoms with Crippen molar-refractivity contribution in [2.75, 3.05) is 5.32 Å². The van der Waals surface area contributed by atoms with Crippen molar-refractivity contribution in [1.29, 1.82) is 5.26 Å². The van der Waals surface area contributed by atoms with Crippen molar-refractivity contribution < 1.29 is 4.79 Å². The van der Waals surface area contributed by atoms with Crippen LogP contribution in [0.3, 0.4) is 0 Å². The molecule has 2 aromatic carbocycles. The molecule has 0 saturated heterocycles. The first-order chi connectivity index (χ1) is 14.7. The van der Waals surface area contributed by atoms with Gasteiger partial charge in [-0.2, -0.15) is 10.4 Å². The minimum Gasteiger partial charge on any atom is -0.305 e. The molecule has 1 N–H and O–H groups in total. The number of amides is 1. The Hall–Kier alpha value is -3.05. The highest BCUT2D eigenvalue weighted by atomic mass is 35.5.